The summed E-state index contributed by atoms with van der Waals surface area (Å²) in [7, 11) is 0. The first-order valence-corrected chi connectivity index (χ1v) is 6.58. The minimum absolute atomic E-state index is 0.209. The van der Waals surface area contributed by atoms with Crippen LogP contribution in [-0.4, -0.2) is 31.8 Å². The number of carbonyl (C=O) groups excluding carboxylic acids is 1. The molecule has 18 heavy (non-hydrogen) atoms. The number of fused-ring (bicyclic) bond motifs is 3. The van der Waals surface area contributed by atoms with Crippen molar-refractivity contribution in [3.8, 4) is 0 Å². The fourth-order valence-electron chi connectivity index (χ4n) is 3.10. The van der Waals surface area contributed by atoms with E-state index in [1.54, 1.807) is 0 Å². The fraction of sp³-hybridized carbons (Fsp3) is 0.500. The van der Waals surface area contributed by atoms with Crippen molar-refractivity contribution in [2.75, 3.05) is 24.6 Å². The summed E-state index contributed by atoms with van der Waals surface area (Å²) in [5, 5.41) is 3.41. The van der Waals surface area contributed by atoms with Gasteiger partial charge in [0.15, 0.2) is 0 Å². The predicted octanol–water partition coefficient (Wildman–Crippen LogP) is 2.11. The summed E-state index contributed by atoms with van der Waals surface area (Å²) in [5.74, 6) is 0.402. The lowest BCUT2D eigenvalue weighted by atomic mass is 9.90. The number of hydrogen-bond donors (Lipinski definition) is 1. The predicted molar refractivity (Wildman–Crippen MR) is 70.0 cm³/mol. The molecule has 1 amide bonds. The van der Waals surface area contributed by atoms with Crippen LogP contribution in [0.1, 0.15) is 24.8 Å². The summed E-state index contributed by atoms with van der Waals surface area (Å²) >= 11 is 0. The lowest BCUT2D eigenvalue weighted by Gasteiger charge is -2.31. The van der Waals surface area contributed by atoms with E-state index in [1.807, 2.05) is 30.0 Å². The molecule has 2 aliphatic rings. The highest BCUT2D eigenvalue weighted by atomic mass is 16.6. The molecule has 1 aromatic rings. The number of benzene rings is 1. The standard InChI is InChI=1S/C14H18N2O2/c1-2-18-14(17)16-12-6-4-3-5-10(12)11-9-15-8-7-13(11)16/h3-6,11,13,15H,2,7-9H2,1H3/t11-,13+/m0/s1. The van der Waals surface area contributed by atoms with E-state index in [0.29, 0.717) is 12.5 Å². The van der Waals surface area contributed by atoms with Gasteiger partial charge in [0.25, 0.3) is 0 Å². The van der Waals surface area contributed by atoms with Crippen LogP contribution in [-0.2, 0) is 4.74 Å². The zero-order valence-corrected chi connectivity index (χ0v) is 10.6. The van der Waals surface area contributed by atoms with Crippen LogP contribution in [0.25, 0.3) is 0 Å². The fourth-order valence-corrected chi connectivity index (χ4v) is 3.10. The van der Waals surface area contributed by atoms with Gasteiger partial charge in [-0.05, 0) is 31.5 Å². The molecule has 1 aromatic carbocycles. The number of ether oxygens (including phenoxy) is 1. The lowest BCUT2D eigenvalue weighted by Crippen LogP contribution is -2.46. The maximum Gasteiger partial charge on any atom is 0.414 e. The van der Waals surface area contributed by atoms with Gasteiger partial charge in [-0.2, -0.15) is 0 Å². The van der Waals surface area contributed by atoms with E-state index in [4.69, 9.17) is 4.74 Å². The third-order valence-corrected chi connectivity index (χ3v) is 3.84. The van der Waals surface area contributed by atoms with Crippen LogP contribution in [0, 0.1) is 0 Å². The monoisotopic (exact) mass is 246 g/mol. The normalized spacial score (nSPS) is 25.5. The second-order valence-corrected chi connectivity index (χ2v) is 4.79. The van der Waals surface area contributed by atoms with Crippen LogP contribution < -0.4 is 10.2 Å². The van der Waals surface area contributed by atoms with E-state index in [-0.39, 0.29) is 12.1 Å². The molecule has 0 saturated carbocycles. The first-order chi connectivity index (χ1) is 8.83. The van der Waals surface area contributed by atoms with Gasteiger partial charge in [-0.3, -0.25) is 4.90 Å². The van der Waals surface area contributed by atoms with Crippen LogP contribution in [0.4, 0.5) is 10.5 Å². The van der Waals surface area contributed by atoms with Gasteiger partial charge in [0, 0.05) is 18.5 Å². The maximum atomic E-state index is 12.1. The van der Waals surface area contributed by atoms with Gasteiger partial charge >= 0.3 is 6.09 Å². The second-order valence-electron chi connectivity index (χ2n) is 4.79. The molecule has 1 saturated heterocycles. The van der Waals surface area contributed by atoms with E-state index < -0.39 is 0 Å². The van der Waals surface area contributed by atoms with Crippen molar-refractivity contribution in [2.24, 2.45) is 0 Å². The first kappa shape index (κ1) is 11.5. The van der Waals surface area contributed by atoms with Gasteiger partial charge in [0.05, 0.1) is 12.3 Å². The smallest absolute Gasteiger partial charge is 0.414 e. The van der Waals surface area contributed by atoms with E-state index in [2.05, 4.69) is 11.4 Å². The molecular weight excluding hydrogens is 228 g/mol. The number of amides is 1. The largest absolute Gasteiger partial charge is 0.449 e. The highest BCUT2D eigenvalue weighted by molar-refractivity contribution is 5.92. The Morgan fingerprint density at radius 2 is 2.33 bits per heavy atom. The van der Waals surface area contributed by atoms with Crippen LogP contribution >= 0.6 is 0 Å². The molecule has 0 bridgehead atoms. The number of piperidine rings is 1. The summed E-state index contributed by atoms with van der Waals surface area (Å²) in [4.78, 5) is 14.0. The van der Waals surface area contributed by atoms with Crippen molar-refractivity contribution in [2.45, 2.75) is 25.3 Å². The number of anilines is 1. The van der Waals surface area contributed by atoms with Gasteiger partial charge < -0.3 is 10.1 Å². The molecule has 96 valence electrons. The Bertz CT molecular complexity index is 461. The van der Waals surface area contributed by atoms with Crippen molar-refractivity contribution < 1.29 is 9.53 Å². The van der Waals surface area contributed by atoms with Crippen molar-refractivity contribution in [1.29, 1.82) is 0 Å². The molecule has 4 nitrogen and oxygen atoms in total. The average molecular weight is 246 g/mol. The Balaban J connectivity index is 1.99. The summed E-state index contributed by atoms with van der Waals surface area (Å²) in [6.45, 7) is 4.18. The Morgan fingerprint density at radius 3 is 3.17 bits per heavy atom. The summed E-state index contributed by atoms with van der Waals surface area (Å²) in [6.07, 6.45) is 0.775. The Hall–Kier alpha value is -1.55. The van der Waals surface area contributed by atoms with Gasteiger partial charge in [-0.15, -0.1) is 0 Å². The maximum absolute atomic E-state index is 12.1. The Kier molecular flexibility index (Phi) is 2.96. The average Bonchev–Trinajstić information content (AvgIpc) is 2.73. The van der Waals surface area contributed by atoms with Crippen molar-refractivity contribution in [1.82, 2.24) is 5.32 Å². The molecular formula is C14H18N2O2. The molecule has 1 fully saturated rings. The molecule has 0 radical (unpaired) electrons. The number of nitrogens with one attached hydrogen (secondary N) is 1. The zero-order valence-electron chi connectivity index (χ0n) is 10.6. The number of hydrogen-bond acceptors (Lipinski definition) is 3. The summed E-state index contributed by atoms with van der Waals surface area (Å²) < 4.78 is 5.20. The topological polar surface area (TPSA) is 41.6 Å². The quantitative estimate of drug-likeness (QED) is 0.825. The van der Waals surface area contributed by atoms with E-state index in [9.17, 15) is 4.79 Å². The van der Waals surface area contributed by atoms with E-state index >= 15 is 0 Å². The molecule has 0 aliphatic carbocycles. The lowest BCUT2D eigenvalue weighted by molar-refractivity contribution is 0.156. The Labute approximate surface area is 107 Å². The summed E-state index contributed by atoms with van der Waals surface area (Å²) in [6, 6.07) is 8.42. The molecule has 1 N–H and O–H groups in total. The molecule has 2 atom stereocenters. The molecule has 4 heteroatoms. The third-order valence-electron chi connectivity index (χ3n) is 3.84. The minimum Gasteiger partial charge on any atom is -0.449 e. The zero-order chi connectivity index (χ0) is 12.5. The SMILES string of the molecule is CCOC(=O)N1c2ccccc2[C@@H]2CNCC[C@H]21. The first-order valence-electron chi connectivity index (χ1n) is 6.58. The van der Waals surface area contributed by atoms with Crippen LogP contribution in [0.5, 0.6) is 0 Å². The van der Waals surface area contributed by atoms with Crippen molar-refractivity contribution in [3.05, 3.63) is 29.8 Å². The van der Waals surface area contributed by atoms with Gasteiger partial charge in [-0.1, -0.05) is 18.2 Å². The third kappa shape index (κ3) is 1.68. The van der Waals surface area contributed by atoms with E-state index in [1.165, 1.54) is 5.56 Å². The van der Waals surface area contributed by atoms with Gasteiger partial charge in [0.2, 0.25) is 0 Å². The number of carbonyl (C=O) groups is 1. The molecule has 3 rings (SSSR count). The highest BCUT2D eigenvalue weighted by Gasteiger charge is 2.43. The van der Waals surface area contributed by atoms with Gasteiger partial charge in [0.1, 0.15) is 0 Å². The molecule has 0 aromatic heterocycles. The molecule has 2 aliphatic heterocycles. The van der Waals surface area contributed by atoms with Crippen molar-refractivity contribution in [3.63, 3.8) is 0 Å². The highest BCUT2D eigenvalue weighted by Crippen LogP contribution is 2.43. The number of rotatable bonds is 1. The Morgan fingerprint density at radius 1 is 1.50 bits per heavy atom. The van der Waals surface area contributed by atoms with Crippen molar-refractivity contribution >= 4 is 11.8 Å². The second kappa shape index (κ2) is 4.61. The molecule has 2 heterocycles. The van der Waals surface area contributed by atoms with Crippen LogP contribution in [0.15, 0.2) is 24.3 Å². The van der Waals surface area contributed by atoms with Crippen LogP contribution in [0.3, 0.4) is 0 Å². The number of para-hydroxylation sites is 1. The number of nitrogens with zero attached hydrogens (tertiary/aromatic N) is 1. The van der Waals surface area contributed by atoms with Gasteiger partial charge in [-0.25, -0.2) is 4.79 Å². The summed E-state index contributed by atoms with van der Waals surface area (Å²) in [5.41, 5.74) is 2.29. The van der Waals surface area contributed by atoms with E-state index in [0.717, 1.165) is 25.2 Å². The van der Waals surface area contributed by atoms with Crippen LogP contribution in [0.2, 0.25) is 0 Å². The minimum atomic E-state index is -0.209. The molecule has 0 spiro atoms. The molecule has 0 unspecified atom stereocenters.